The monoisotopic (exact) mass is 266 g/mol. The number of ether oxygens (including phenoxy) is 1. The van der Waals surface area contributed by atoms with Crippen molar-refractivity contribution in [2.45, 2.75) is 38.5 Å². The van der Waals surface area contributed by atoms with Gasteiger partial charge >= 0.3 is 0 Å². The highest BCUT2D eigenvalue weighted by atomic mass is 35.5. The first-order valence-corrected chi connectivity index (χ1v) is 7.15. The summed E-state index contributed by atoms with van der Waals surface area (Å²) in [6.45, 7) is 1.03. The van der Waals surface area contributed by atoms with Gasteiger partial charge < -0.3 is 9.84 Å². The van der Waals surface area contributed by atoms with E-state index in [1.807, 2.05) is 12.1 Å². The van der Waals surface area contributed by atoms with Gasteiger partial charge in [-0.25, -0.2) is 0 Å². The second kappa shape index (κ2) is 4.75. The predicted molar refractivity (Wildman–Crippen MR) is 72.3 cm³/mol. The fourth-order valence-corrected chi connectivity index (χ4v) is 3.66. The number of aliphatic hydroxyl groups is 1. The first-order valence-electron chi connectivity index (χ1n) is 6.77. The number of halogens is 1. The van der Waals surface area contributed by atoms with Crippen molar-refractivity contribution in [1.82, 2.24) is 0 Å². The van der Waals surface area contributed by atoms with Crippen molar-refractivity contribution in [1.29, 1.82) is 0 Å². The maximum Gasteiger partial charge on any atom is 0.125 e. The Labute approximate surface area is 113 Å². The smallest absolute Gasteiger partial charge is 0.125 e. The van der Waals surface area contributed by atoms with E-state index in [0.29, 0.717) is 0 Å². The van der Waals surface area contributed by atoms with E-state index in [1.54, 1.807) is 0 Å². The first kappa shape index (κ1) is 12.3. The van der Waals surface area contributed by atoms with Crippen LogP contribution in [0.3, 0.4) is 0 Å². The Bertz CT molecular complexity index is 450. The molecule has 1 aromatic rings. The summed E-state index contributed by atoms with van der Waals surface area (Å²) < 4.78 is 5.74. The molecule has 1 aliphatic carbocycles. The molecule has 0 bridgehead atoms. The highest BCUT2D eigenvalue weighted by Gasteiger charge is 2.35. The van der Waals surface area contributed by atoms with E-state index in [-0.39, 0.29) is 12.0 Å². The van der Waals surface area contributed by atoms with Crippen LogP contribution in [0, 0.1) is 5.41 Å². The Balaban J connectivity index is 1.92. The van der Waals surface area contributed by atoms with Crippen molar-refractivity contribution in [2.75, 3.05) is 13.2 Å². The Morgan fingerprint density at radius 3 is 2.78 bits per heavy atom. The maximum atomic E-state index is 9.72. The number of benzene rings is 1. The summed E-state index contributed by atoms with van der Waals surface area (Å²) in [5.74, 6) is 1.03. The fraction of sp³-hybridized carbons (Fsp3) is 0.600. The lowest BCUT2D eigenvalue weighted by Gasteiger charge is -2.27. The SMILES string of the molecule is OCC1(Cc2cc(Cl)cc3c2OCC3)CCCC1. The molecule has 1 fully saturated rings. The van der Waals surface area contributed by atoms with Crippen LogP contribution in [-0.4, -0.2) is 18.3 Å². The molecule has 0 atom stereocenters. The van der Waals surface area contributed by atoms with Gasteiger partial charge in [-0.2, -0.15) is 0 Å². The van der Waals surface area contributed by atoms with Crippen LogP contribution in [0.2, 0.25) is 5.02 Å². The molecule has 1 heterocycles. The van der Waals surface area contributed by atoms with Gasteiger partial charge in [-0.3, -0.25) is 0 Å². The van der Waals surface area contributed by atoms with Gasteiger partial charge in [0.25, 0.3) is 0 Å². The molecular formula is C15H19ClO2. The number of rotatable bonds is 3. The summed E-state index contributed by atoms with van der Waals surface area (Å²) in [5, 5.41) is 10.5. The van der Waals surface area contributed by atoms with Crippen molar-refractivity contribution >= 4 is 11.6 Å². The highest BCUT2D eigenvalue weighted by molar-refractivity contribution is 6.30. The molecule has 3 heteroatoms. The molecule has 1 saturated carbocycles. The molecular weight excluding hydrogens is 248 g/mol. The van der Waals surface area contributed by atoms with Gasteiger partial charge in [0.2, 0.25) is 0 Å². The van der Waals surface area contributed by atoms with Crippen molar-refractivity contribution in [2.24, 2.45) is 5.41 Å². The fourth-order valence-electron chi connectivity index (χ4n) is 3.40. The number of aliphatic hydroxyl groups excluding tert-OH is 1. The standard InChI is InChI=1S/C15H19ClO2/c16-13-7-11-3-6-18-14(11)12(8-13)9-15(10-17)4-1-2-5-15/h7-8,17H,1-6,9-10H2. The predicted octanol–water partition coefficient (Wildman–Crippen LogP) is 3.37. The minimum absolute atomic E-state index is 0.0599. The molecule has 1 aromatic carbocycles. The molecule has 0 amide bonds. The number of fused-ring (bicyclic) bond motifs is 1. The summed E-state index contributed by atoms with van der Waals surface area (Å²) in [7, 11) is 0. The van der Waals surface area contributed by atoms with E-state index in [1.165, 1.54) is 24.0 Å². The van der Waals surface area contributed by atoms with Crippen molar-refractivity contribution in [3.8, 4) is 5.75 Å². The zero-order valence-electron chi connectivity index (χ0n) is 10.5. The minimum Gasteiger partial charge on any atom is -0.493 e. The van der Waals surface area contributed by atoms with E-state index in [2.05, 4.69) is 0 Å². The van der Waals surface area contributed by atoms with Crippen LogP contribution in [0.1, 0.15) is 36.8 Å². The Morgan fingerprint density at radius 1 is 1.28 bits per heavy atom. The second-order valence-electron chi connectivity index (χ2n) is 5.69. The van der Waals surface area contributed by atoms with Crippen LogP contribution in [0.5, 0.6) is 5.75 Å². The average molecular weight is 267 g/mol. The van der Waals surface area contributed by atoms with Crippen LogP contribution in [0.25, 0.3) is 0 Å². The molecule has 0 unspecified atom stereocenters. The zero-order chi connectivity index (χ0) is 12.6. The van der Waals surface area contributed by atoms with Crippen molar-refractivity contribution in [3.05, 3.63) is 28.3 Å². The molecule has 3 rings (SSSR count). The molecule has 98 valence electrons. The van der Waals surface area contributed by atoms with Crippen LogP contribution in [0.4, 0.5) is 0 Å². The van der Waals surface area contributed by atoms with Crippen molar-refractivity contribution < 1.29 is 9.84 Å². The van der Waals surface area contributed by atoms with Crippen molar-refractivity contribution in [3.63, 3.8) is 0 Å². The molecule has 18 heavy (non-hydrogen) atoms. The summed E-state index contributed by atoms with van der Waals surface area (Å²) in [4.78, 5) is 0. The second-order valence-corrected chi connectivity index (χ2v) is 6.13. The van der Waals surface area contributed by atoms with Gasteiger partial charge in [0.1, 0.15) is 5.75 Å². The van der Waals surface area contributed by atoms with Gasteiger partial charge in [-0.15, -0.1) is 0 Å². The molecule has 0 saturated heterocycles. The zero-order valence-corrected chi connectivity index (χ0v) is 11.3. The molecule has 2 aliphatic rings. The summed E-state index contributed by atoms with van der Waals surface area (Å²) in [6, 6.07) is 4.02. The van der Waals surface area contributed by atoms with Crippen LogP contribution < -0.4 is 4.74 Å². The maximum absolute atomic E-state index is 9.72. The van der Waals surface area contributed by atoms with E-state index >= 15 is 0 Å². The van der Waals surface area contributed by atoms with Crippen LogP contribution in [0.15, 0.2) is 12.1 Å². The average Bonchev–Trinajstić information content (AvgIpc) is 2.98. The Hall–Kier alpha value is -0.730. The summed E-state index contributed by atoms with van der Waals surface area (Å²) in [5.41, 5.74) is 2.47. The molecule has 1 aliphatic heterocycles. The minimum atomic E-state index is 0.0599. The first-order chi connectivity index (χ1) is 8.72. The lowest BCUT2D eigenvalue weighted by atomic mass is 9.80. The largest absolute Gasteiger partial charge is 0.493 e. The van der Waals surface area contributed by atoms with Gasteiger partial charge in [-0.1, -0.05) is 24.4 Å². The molecule has 1 N–H and O–H groups in total. The van der Waals surface area contributed by atoms with E-state index < -0.39 is 0 Å². The van der Waals surface area contributed by atoms with Gasteiger partial charge in [-0.05, 0) is 47.9 Å². The number of hydrogen-bond donors (Lipinski definition) is 1. The Kier molecular flexibility index (Phi) is 3.25. The third-order valence-electron chi connectivity index (χ3n) is 4.39. The summed E-state index contributed by atoms with van der Waals surface area (Å²) in [6.07, 6.45) is 6.53. The van der Waals surface area contributed by atoms with E-state index in [4.69, 9.17) is 16.3 Å². The molecule has 0 spiro atoms. The van der Waals surface area contributed by atoms with E-state index in [0.717, 1.165) is 43.1 Å². The van der Waals surface area contributed by atoms with Crippen LogP contribution in [-0.2, 0) is 12.8 Å². The van der Waals surface area contributed by atoms with Gasteiger partial charge in [0.05, 0.1) is 6.61 Å². The third kappa shape index (κ3) is 2.12. The van der Waals surface area contributed by atoms with Gasteiger partial charge in [0.15, 0.2) is 0 Å². The van der Waals surface area contributed by atoms with Crippen LogP contribution >= 0.6 is 11.6 Å². The highest BCUT2D eigenvalue weighted by Crippen LogP contribution is 2.44. The third-order valence-corrected chi connectivity index (χ3v) is 4.61. The topological polar surface area (TPSA) is 29.5 Å². The molecule has 0 aromatic heterocycles. The van der Waals surface area contributed by atoms with E-state index in [9.17, 15) is 5.11 Å². The lowest BCUT2D eigenvalue weighted by Crippen LogP contribution is -2.24. The summed E-state index contributed by atoms with van der Waals surface area (Å²) >= 11 is 6.18. The molecule has 0 radical (unpaired) electrons. The number of hydrogen-bond acceptors (Lipinski definition) is 2. The Morgan fingerprint density at radius 2 is 2.06 bits per heavy atom. The quantitative estimate of drug-likeness (QED) is 0.909. The lowest BCUT2D eigenvalue weighted by molar-refractivity contribution is 0.129. The normalized spacial score (nSPS) is 20.8. The van der Waals surface area contributed by atoms with Gasteiger partial charge in [0, 0.05) is 18.1 Å². The molecule has 2 nitrogen and oxygen atoms in total.